The predicted octanol–water partition coefficient (Wildman–Crippen LogP) is 0.810. The van der Waals surface area contributed by atoms with Crippen LogP contribution in [0.4, 0.5) is 0 Å². The highest BCUT2D eigenvalue weighted by molar-refractivity contribution is 7.53. The number of halogens is 1. The van der Waals surface area contributed by atoms with Crippen molar-refractivity contribution in [1.29, 1.82) is 0 Å². The highest BCUT2D eigenvalue weighted by atomic mass is 35.5. The molecule has 0 unspecified atom stereocenters. The van der Waals surface area contributed by atoms with Gasteiger partial charge in [0.2, 0.25) is 0 Å². The van der Waals surface area contributed by atoms with E-state index in [4.69, 9.17) is 5.73 Å². The monoisotopic (exact) mass is 175 g/mol. The molecular weight excluding hydrogens is 164 g/mol. The molecular formula is C3H11ClNO3P. The third kappa shape index (κ3) is 3.89. The quantitative estimate of drug-likeness (QED) is 0.645. The summed E-state index contributed by atoms with van der Waals surface area (Å²) in [6, 6.07) is 0. The Morgan fingerprint density at radius 3 is 1.78 bits per heavy atom. The summed E-state index contributed by atoms with van der Waals surface area (Å²) < 4.78 is 19.6. The Bertz CT molecular complexity index is 90.2. The average Bonchev–Trinajstić information content (AvgIpc) is 1.87. The first-order valence-corrected chi connectivity index (χ1v) is 3.82. The van der Waals surface area contributed by atoms with E-state index in [0.717, 1.165) is 0 Å². The van der Waals surface area contributed by atoms with Crippen molar-refractivity contribution in [2.45, 2.75) is 0 Å². The summed E-state index contributed by atoms with van der Waals surface area (Å²) in [5.74, 6) is 0. The zero-order valence-corrected chi connectivity index (χ0v) is 7.08. The molecule has 0 atom stereocenters. The van der Waals surface area contributed by atoms with E-state index in [1.807, 2.05) is 0 Å². The molecule has 0 aliphatic heterocycles. The predicted molar refractivity (Wildman–Crippen MR) is 37.9 cm³/mol. The van der Waals surface area contributed by atoms with Crippen molar-refractivity contribution in [3.05, 3.63) is 0 Å². The lowest BCUT2D eigenvalue weighted by molar-refractivity contribution is 0.276. The standard InChI is InChI=1S/C3H10NO3P.ClH/c1-6-8(5,3-4)7-2;/h3-4H2,1-2H3;1H. The minimum Gasteiger partial charge on any atom is -0.320 e. The van der Waals surface area contributed by atoms with E-state index in [1.54, 1.807) is 0 Å². The normalized spacial score (nSPS) is 10.6. The first-order chi connectivity index (χ1) is 3.68. The molecule has 0 rings (SSSR count). The molecule has 0 fully saturated rings. The summed E-state index contributed by atoms with van der Waals surface area (Å²) in [4.78, 5) is 0. The third-order valence-electron chi connectivity index (χ3n) is 0.780. The number of hydrogen-bond donors (Lipinski definition) is 1. The molecule has 4 nitrogen and oxygen atoms in total. The molecule has 0 bridgehead atoms. The molecule has 0 radical (unpaired) electrons. The fourth-order valence-electron chi connectivity index (χ4n) is 0.224. The third-order valence-corrected chi connectivity index (χ3v) is 2.34. The van der Waals surface area contributed by atoms with E-state index < -0.39 is 7.60 Å². The van der Waals surface area contributed by atoms with Crippen LogP contribution in [-0.2, 0) is 13.6 Å². The second-order valence-corrected chi connectivity index (χ2v) is 3.48. The van der Waals surface area contributed by atoms with E-state index in [1.165, 1.54) is 14.2 Å². The van der Waals surface area contributed by atoms with Crippen molar-refractivity contribution < 1.29 is 13.6 Å². The lowest BCUT2D eigenvalue weighted by Crippen LogP contribution is -2.03. The van der Waals surface area contributed by atoms with Crippen LogP contribution < -0.4 is 5.73 Å². The SMILES string of the molecule is COP(=O)(CN)OC.Cl. The van der Waals surface area contributed by atoms with Gasteiger partial charge in [0, 0.05) is 14.2 Å². The Hall–Kier alpha value is 0.400. The number of nitrogens with two attached hydrogens (primary N) is 1. The average molecular weight is 176 g/mol. The van der Waals surface area contributed by atoms with Crippen LogP contribution in [0.3, 0.4) is 0 Å². The second kappa shape index (κ2) is 5.21. The summed E-state index contributed by atoms with van der Waals surface area (Å²) in [7, 11) is -0.279. The second-order valence-electron chi connectivity index (χ2n) is 1.16. The molecule has 0 aromatic rings. The van der Waals surface area contributed by atoms with Gasteiger partial charge in [-0.15, -0.1) is 12.4 Å². The van der Waals surface area contributed by atoms with Crippen LogP contribution in [0.15, 0.2) is 0 Å². The van der Waals surface area contributed by atoms with Crippen LogP contribution >= 0.6 is 20.0 Å². The first-order valence-electron chi connectivity index (χ1n) is 2.09. The van der Waals surface area contributed by atoms with Gasteiger partial charge in [-0.3, -0.25) is 4.57 Å². The lowest BCUT2D eigenvalue weighted by Gasteiger charge is -2.08. The summed E-state index contributed by atoms with van der Waals surface area (Å²) >= 11 is 0. The maximum absolute atomic E-state index is 10.8. The van der Waals surface area contributed by atoms with Gasteiger partial charge in [-0.05, 0) is 0 Å². The van der Waals surface area contributed by atoms with Crippen molar-refractivity contribution >= 4 is 20.0 Å². The van der Waals surface area contributed by atoms with Crippen molar-refractivity contribution in [3.63, 3.8) is 0 Å². The van der Waals surface area contributed by atoms with Crippen LogP contribution in [0.2, 0.25) is 0 Å². The smallest absolute Gasteiger partial charge is 0.320 e. The maximum atomic E-state index is 10.8. The van der Waals surface area contributed by atoms with Gasteiger partial charge in [-0.2, -0.15) is 0 Å². The van der Waals surface area contributed by atoms with Crippen molar-refractivity contribution in [3.8, 4) is 0 Å². The van der Waals surface area contributed by atoms with Gasteiger partial charge < -0.3 is 14.8 Å². The summed E-state index contributed by atoms with van der Waals surface area (Å²) in [5, 5.41) is 0. The van der Waals surface area contributed by atoms with Crippen LogP contribution in [0.25, 0.3) is 0 Å². The summed E-state index contributed by atoms with van der Waals surface area (Å²) in [6.45, 7) is 0. The van der Waals surface area contributed by atoms with Crippen molar-refractivity contribution in [1.82, 2.24) is 0 Å². The first kappa shape index (κ1) is 12.1. The molecule has 0 spiro atoms. The molecule has 0 amide bonds. The van der Waals surface area contributed by atoms with Crippen molar-refractivity contribution in [2.24, 2.45) is 5.73 Å². The van der Waals surface area contributed by atoms with Gasteiger partial charge in [-0.1, -0.05) is 0 Å². The molecule has 0 aromatic heterocycles. The minimum absolute atomic E-state index is 0. The van der Waals surface area contributed by atoms with E-state index in [9.17, 15) is 4.57 Å². The number of rotatable bonds is 3. The molecule has 58 valence electrons. The summed E-state index contributed by atoms with van der Waals surface area (Å²) in [5.41, 5.74) is 5.01. The topological polar surface area (TPSA) is 61.5 Å². The molecule has 6 heteroatoms. The van der Waals surface area contributed by atoms with Gasteiger partial charge in [-0.25, -0.2) is 0 Å². The zero-order chi connectivity index (χ0) is 6.62. The van der Waals surface area contributed by atoms with Crippen LogP contribution in [0.5, 0.6) is 0 Å². The van der Waals surface area contributed by atoms with Crippen LogP contribution in [0.1, 0.15) is 0 Å². The van der Waals surface area contributed by atoms with Gasteiger partial charge in [0.1, 0.15) is 0 Å². The molecule has 0 heterocycles. The van der Waals surface area contributed by atoms with Gasteiger partial charge in [0.25, 0.3) is 0 Å². The van der Waals surface area contributed by atoms with Crippen molar-refractivity contribution in [2.75, 3.05) is 20.5 Å². The van der Waals surface area contributed by atoms with E-state index in [2.05, 4.69) is 9.05 Å². The van der Waals surface area contributed by atoms with Gasteiger partial charge >= 0.3 is 7.60 Å². The van der Waals surface area contributed by atoms with Crippen LogP contribution in [0, 0.1) is 0 Å². The molecule has 0 saturated carbocycles. The molecule has 0 aliphatic rings. The summed E-state index contributed by atoms with van der Waals surface area (Å²) in [6.07, 6.45) is -0.0694. The fraction of sp³-hybridized carbons (Fsp3) is 1.00. The fourth-order valence-corrected chi connectivity index (χ4v) is 0.671. The molecule has 9 heavy (non-hydrogen) atoms. The minimum atomic E-state index is -2.88. The maximum Gasteiger partial charge on any atom is 0.343 e. The molecule has 2 N–H and O–H groups in total. The van der Waals surface area contributed by atoms with Gasteiger partial charge in [0.15, 0.2) is 0 Å². The van der Waals surface area contributed by atoms with Gasteiger partial charge in [0.05, 0.1) is 6.29 Å². The Kier molecular flexibility index (Phi) is 7.01. The Morgan fingerprint density at radius 1 is 1.44 bits per heavy atom. The van der Waals surface area contributed by atoms with E-state index in [-0.39, 0.29) is 18.7 Å². The van der Waals surface area contributed by atoms with E-state index >= 15 is 0 Å². The molecule has 0 aromatic carbocycles. The van der Waals surface area contributed by atoms with E-state index in [0.29, 0.717) is 0 Å². The lowest BCUT2D eigenvalue weighted by atomic mass is 11.5. The Morgan fingerprint density at radius 2 is 1.78 bits per heavy atom. The highest BCUT2D eigenvalue weighted by Crippen LogP contribution is 2.43. The highest BCUT2D eigenvalue weighted by Gasteiger charge is 2.16. The number of hydrogen-bond acceptors (Lipinski definition) is 4. The zero-order valence-electron chi connectivity index (χ0n) is 5.36. The largest absolute Gasteiger partial charge is 0.343 e. The molecule has 0 aliphatic carbocycles. The Balaban J connectivity index is 0. The Labute approximate surface area is 60.7 Å². The van der Waals surface area contributed by atoms with Crippen LogP contribution in [-0.4, -0.2) is 20.5 Å². The molecule has 0 saturated heterocycles.